The average Bonchev–Trinajstić information content (AvgIpc) is 3.04. The van der Waals surface area contributed by atoms with Gasteiger partial charge in [-0.05, 0) is 24.6 Å². The summed E-state index contributed by atoms with van der Waals surface area (Å²) in [6.07, 6.45) is 0. The minimum Gasteiger partial charge on any atom is -0.449 e. The van der Waals surface area contributed by atoms with Crippen LogP contribution in [0.2, 0.25) is 0 Å². The van der Waals surface area contributed by atoms with Gasteiger partial charge in [-0.1, -0.05) is 56.3 Å². The highest BCUT2D eigenvalue weighted by atomic mass is 32.2. The first-order valence-corrected chi connectivity index (χ1v) is 9.78. The van der Waals surface area contributed by atoms with Crippen molar-refractivity contribution in [3.05, 3.63) is 60.4 Å². The lowest BCUT2D eigenvalue weighted by molar-refractivity contribution is 0.410. The molecule has 0 N–H and O–H groups in total. The molecule has 0 radical (unpaired) electrons. The van der Waals surface area contributed by atoms with Crippen LogP contribution in [-0.4, -0.2) is 10.8 Å². The number of fused-ring (bicyclic) bond motifs is 2. The van der Waals surface area contributed by atoms with Crippen molar-refractivity contribution in [3.63, 3.8) is 0 Å². The molecule has 2 aromatic carbocycles. The van der Waals surface area contributed by atoms with Gasteiger partial charge in [-0.15, -0.1) is 0 Å². The molecule has 0 aliphatic carbocycles. The van der Waals surface area contributed by atoms with Crippen LogP contribution in [0.3, 0.4) is 0 Å². The molecule has 3 nitrogen and oxygen atoms in total. The van der Waals surface area contributed by atoms with Crippen LogP contribution in [0, 0.1) is 0 Å². The van der Waals surface area contributed by atoms with Gasteiger partial charge in [0.25, 0.3) is 0 Å². The zero-order valence-electron chi connectivity index (χ0n) is 14.7. The molecule has 25 heavy (non-hydrogen) atoms. The maximum atomic E-state index is 13.2. The maximum absolute atomic E-state index is 13.2. The topological polar surface area (TPSA) is 33.5 Å². The second kappa shape index (κ2) is 6.19. The maximum Gasteiger partial charge on any atom is 0.219 e. The zero-order valence-corrected chi connectivity index (χ0v) is 15.5. The van der Waals surface area contributed by atoms with E-state index in [1.54, 1.807) is 0 Å². The first-order valence-electron chi connectivity index (χ1n) is 8.64. The summed E-state index contributed by atoms with van der Waals surface area (Å²) in [5.74, 6) is 1.11. The van der Waals surface area contributed by atoms with E-state index < -0.39 is 10.8 Å². The monoisotopic (exact) mass is 351 g/mol. The number of nitrogens with zero attached hydrogens (tertiary/aromatic N) is 1. The van der Waals surface area contributed by atoms with Crippen LogP contribution in [-0.2, 0) is 10.8 Å². The van der Waals surface area contributed by atoms with Crippen molar-refractivity contribution in [2.24, 2.45) is 0 Å². The van der Waals surface area contributed by atoms with Crippen LogP contribution in [0.5, 0.6) is 0 Å². The second-order valence-electron chi connectivity index (χ2n) is 6.48. The third-order valence-corrected chi connectivity index (χ3v) is 5.93. The summed E-state index contributed by atoms with van der Waals surface area (Å²) < 4.78 is 19.4. The summed E-state index contributed by atoms with van der Waals surface area (Å²) >= 11 is 0. The molecule has 0 saturated carbocycles. The molecule has 1 unspecified atom stereocenters. The van der Waals surface area contributed by atoms with Crippen molar-refractivity contribution in [1.29, 1.82) is 0 Å². The van der Waals surface area contributed by atoms with Crippen LogP contribution in [0.15, 0.2) is 69.0 Å². The van der Waals surface area contributed by atoms with E-state index in [9.17, 15) is 4.21 Å². The van der Waals surface area contributed by atoms with E-state index in [-0.39, 0.29) is 5.92 Å². The zero-order chi connectivity index (χ0) is 17.6. The van der Waals surface area contributed by atoms with E-state index >= 15 is 0 Å². The Morgan fingerprint density at radius 1 is 1.04 bits per heavy atom. The summed E-state index contributed by atoms with van der Waals surface area (Å²) in [5, 5.41) is 0.572. The Hall–Kier alpha value is -2.33. The number of para-hydroxylation sites is 1. The first-order chi connectivity index (χ1) is 12.1. The molecule has 128 valence electrons. The lowest BCUT2D eigenvalue weighted by Gasteiger charge is -2.29. The molecule has 1 aliphatic heterocycles. The molecule has 4 rings (SSSR count). The van der Waals surface area contributed by atoms with Crippen molar-refractivity contribution in [3.8, 4) is 11.1 Å². The van der Waals surface area contributed by atoms with Crippen LogP contribution in [0.4, 0.5) is 11.4 Å². The summed E-state index contributed by atoms with van der Waals surface area (Å²) in [6.45, 7) is 7.13. The highest BCUT2D eigenvalue weighted by molar-refractivity contribution is 7.85. The van der Waals surface area contributed by atoms with E-state index in [0.29, 0.717) is 5.09 Å². The summed E-state index contributed by atoms with van der Waals surface area (Å²) in [7, 11) is -1.30. The van der Waals surface area contributed by atoms with Crippen LogP contribution in [0.25, 0.3) is 11.1 Å². The van der Waals surface area contributed by atoms with Crippen molar-refractivity contribution < 1.29 is 8.63 Å². The third kappa shape index (κ3) is 2.44. The minimum absolute atomic E-state index is 0.208. The number of hydrogen-bond acceptors (Lipinski definition) is 3. The van der Waals surface area contributed by atoms with Gasteiger partial charge in [-0.25, -0.2) is 4.21 Å². The molecule has 1 aliphatic rings. The molecule has 0 spiro atoms. The molecule has 0 saturated heterocycles. The fraction of sp³-hybridized carbons (Fsp3) is 0.238. The number of furan rings is 1. The van der Waals surface area contributed by atoms with Gasteiger partial charge >= 0.3 is 0 Å². The van der Waals surface area contributed by atoms with E-state index in [2.05, 4.69) is 37.8 Å². The number of benzene rings is 2. The van der Waals surface area contributed by atoms with Gasteiger partial charge in [-0.3, -0.25) is 0 Å². The Morgan fingerprint density at radius 3 is 2.40 bits per heavy atom. The molecule has 2 heterocycles. The van der Waals surface area contributed by atoms with Gasteiger partial charge in [0.05, 0.1) is 10.6 Å². The molecule has 0 amide bonds. The van der Waals surface area contributed by atoms with Crippen molar-refractivity contribution in [2.75, 3.05) is 11.4 Å². The quantitative estimate of drug-likeness (QED) is 0.606. The Bertz CT molecular complexity index is 944. The highest BCUT2D eigenvalue weighted by Gasteiger charge is 2.36. The first kappa shape index (κ1) is 16.2. The average molecular weight is 351 g/mol. The van der Waals surface area contributed by atoms with Gasteiger partial charge in [0.15, 0.2) is 0 Å². The molecule has 0 fully saturated rings. The predicted molar refractivity (Wildman–Crippen MR) is 102 cm³/mol. The fourth-order valence-corrected chi connectivity index (χ4v) is 4.79. The molecule has 0 bridgehead atoms. The normalized spacial score (nSPS) is 16.0. The fourth-order valence-electron chi connectivity index (χ4n) is 3.46. The minimum atomic E-state index is -1.30. The smallest absolute Gasteiger partial charge is 0.219 e. The molecule has 1 aromatic heterocycles. The molecule has 4 heteroatoms. The van der Waals surface area contributed by atoms with Gasteiger partial charge in [0.1, 0.15) is 22.2 Å². The number of anilines is 2. The Balaban J connectivity index is 2.05. The molecular weight excluding hydrogens is 330 g/mol. The van der Waals surface area contributed by atoms with Gasteiger partial charge in [-0.2, -0.15) is 0 Å². The summed E-state index contributed by atoms with van der Waals surface area (Å²) in [6, 6.07) is 18.1. The van der Waals surface area contributed by atoms with Crippen LogP contribution >= 0.6 is 0 Å². The van der Waals surface area contributed by atoms with Crippen LogP contribution in [0.1, 0.15) is 32.4 Å². The predicted octanol–water partition coefficient (Wildman–Crippen LogP) is 5.71. The highest BCUT2D eigenvalue weighted by Crippen LogP contribution is 2.51. The molecular formula is C21H21NO2S. The Kier molecular flexibility index (Phi) is 4.00. The number of hydrogen-bond donors (Lipinski definition) is 0. The lowest BCUT2D eigenvalue weighted by atomic mass is 9.98. The van der Waals surface area contributed by atoms with Crippen LogP contribution < -0.4 is 4.90 Å². The van der Waals surface area contributed by atoms with Gasteiger partial charge in [0, 0.05) is 18.0 Å². The largest absolute Gasteiger partial charge is 0.449 e. The van der Waals surface area contributed by atoms with E-state index in [1.165, 1.54) is 0 Å². The third-order valence-electron chi connectivity index (χ3n) is 4.58. The Labute approximate surface area is 150 Å². The Morgan fingerprint density at radius 2 is 1.72 bits per heavy atom. The molecule has 3 aromatic rings. The van der Waals surface area contributed by atoms with Gasteiger partial charge in [0.2, 0.25) is 5.09 Å². The number of rotatable bonds is 3. The van der Waals surface area contributed by atoms with E-state index in [1.807, 2.05) is 42.5 Å². The van der Waals surface area contributed by atoms with Gasteiger partial charge < -0.3 is 9.32 Å². The summed E-state index contributed by atoms with van der Waals surface area (Å²) in [5.41, 5.74) is 4.12. The molecule has 1 atom stereocenters. The van der Waals surface area contributed by atoms with E-state index in [4.69, 9.17) is 4.42 Å². The van der Waals surface area contributed by atoms with E-state index in [0.717, 1.165) is 39.7 Å². The SMILES string of the molecule is CCN1c2ccccc2S(=O)c2oc(C(C)C)c(-c3ccccc3)c21. The van der Waals surface area contributed by atoms with Crippen molar-refractivity contribution >= 4 is 22.2 Å². The standard InChI is InChI=1S/C21H21NO2S/c1-4-22-16-12-8-9-13-17(16)25(23)21-19(22)18(20(24-21)14(2)3)15-10-6-5-7-11-15/h5-14H,4H2,1-3H3. The second-order valence-corrected chi connectivity index (χ2v) is 7.83. The van der Waals surface area contributed by atoms with Crippen molar-refractivity contribution in [1.82, 2.24) is 0 Å². The lowest BCUT2D eigenvalue weighted by Crippen LogP contribution is -2.23. The van der Waals surface area contributed by atoms with Crippen molar-refractivity contribution in [2.45, 2.75) is 36.7 Å². The summed E-state index contributed by atoms with van der Waals surface area (Å²) in [4.78, 5) is 3.05.